The molecule has 0 saturated heterocycles. The summed E-state index contributed by atoms with van der Waals surface area (Å²) in [7, 11) is 1.61. The van der Waals surface area contributed by atoms with Crippen molar-refractivity contribution >= 4 is 13.7 Å². The molecule has 0 bridgehead atoms. The zero-order chi connectivity index (χ0) is 52.7. The molecule has 0 spiro atoms. The van der Waals surface area contributed by atoms with Crippen LogP contribution < -0.4 is 5.32 Å². The summed E-state index contributed by atoms with van der Waals surface area (Å²) in [6.45, 7) is 4.80. The predicted octanol–water partition coefficient (Wildman–Crippen LogP) is 18.7. The number of carbonyl (C=O) groups excluding carboxylic acids is 1. The summed E-state index contributed by atoms with van der Waals surface area (Å²) in [5, 5.41) is 14.1. The average molecular weight is 1030 g/mol. The number of aliphatic hydroxyl groups is 1. The normalized spacial score (nSPS) is 14.4. The lowest BCUT2D eigenvalue weighted by Gasteiger charge is -2.26. The van der Waals surface area contributed by atoms with Crippen LogP contribution in [0.2, 0.25) is 0 Å². The van der Waals surface area contributed by atoms with Crippen LogP contribution >= 0.6 is 7.82 Å². The summed E-state index contributed by atoms with van der Waals surface area (Å²) in [5.41, 5.74) is 0. The lowest BCUT2D eigenvalue weighted by molar-refractivity contribution is -0.870. The Morgan fingerprint density at radius 1 is 0.486 bits per heavy atom. The molecule has 3 N–H and O–H groups in total. The van der Waals surface area contributed by atoms with E-state index in [9.17, 15) is 19.4 Å². The average Bonchev–Trinajstić information content (AvgIpc) is 3.34. The fourth-order valence-corrected chi connectivity index (χ4v) is 9.49. The quantitative estimate of drug-likeness (QED) is 0.0243. The highest BCUT2D eigenvalue weighted by Crippen LogP contribution is 2.43. The van der Waals surface area contributed by atoms with Crippen LogP contribution in [0.1, 0.15) is 271 Å². The maximum absolute atomic E-state index is 13.0. The molecule has 9 heteroatoms. The molecule has 0 aromatic heterocycles. The number of amides is 1. The van der Waals surface area contributed by atoms with Gasteiger partial charge in [-0.15, -0.1) is 0 Å². The van der Waals surface area contributed by atoms with E-state index in [4.69, 9.17) is 9.05 Å². The predicted molar refractivity (Wildman–Crippen MR) is 313 cm³/mol. The van der Waals surface area contributed by atoms with Crippen molar-refractivity contribution in [2.24, 2.45) is 0 Å². The van der Waals surface area contributed by atoms with Gasteiger partial charge in [0, 0.05) is 6.42 Å². The monoisotopic (exact) mass is 1030 g/mol. The van der Waals surface area contributed by atoms with Crippen molar-refractivity contribution in [2.45, 2.75) is 283 Å². The Labute approximate surface area is 446 Å². The van der Waals surface area contributed by atoms with Crippen LogP contribution in [0.4, 0.5) is 0 Å². The third-order valence-corrected chi connectivity index (χ3v) is 14.5. The maximum Gasteiger partial charge on any atom is 0.472 e. The maximum atomic E-state index is 13.0. The molecular weight excluding hydrogens is 912 g/mol. The number of carbonyl (C=O) groups is 1. The van der Waals surface area contributed by atoms with Crippen molar-refractivity contribution in [3.8, 4) is 0 Å². The Morgan fingerprint density at radius 3 is 1.22 bits per heavy atom. The zero-order valence-corrected chi connectivity index (χ0v) is 48.8. The van der Waals surface area contributed by atoms with E-state index in [2.05, 4.69) is 92.1 Å². The molecular formula is C63H118N2O6P+. The lowest BCUT2D eigenvalue weighted by Crippen LogP contribution is -2.46. The molecule has 0 rings (SSSR count). The SMILES string of the molecule is CC/C=C\C/C=C\C/C=C\C/C=C\C/C=C\C/C=C\CCCCCCCCCCCCCCC(=O)NC(COP(=O)(O)OCC[N+](C)(C)C)C(O)CCCCCCCCCCCCCCCCCCCCC. The number of hydrogen-bond acceptors (Lipinski definition) is 5. The van der Waals surface area contributed by atoms with Crippen LogP contribution in [0, 0.1) is 0 Å². The van der Waals surface area contributed by atoms with E-state index in [0.29, 0.717) is 23.9 Å². The van der Waals surface area contributed by atoms with Gasteiger partial charge in [0.1, 0.15) is 13.2 Å². The van der Waals surface area contributed by atoms with Gasteiger partial charge in [0.2, 0.25) is 5.91 Å². The van der Waals surface area contributed by atoms with Crippen molar-refractivity contribution in [2.75, 3.05) is 40.9 Å². The number of likely N-dealkylation sites (N-methyl/N-ethyl adjacent to an activating group) is 1. The molecule has 3 unspecified atom stereocenters. The highest BCUT2D eigenvalue weighted by molar-refractivity contribution is 7.47. The van der Waals surface area contributed by atoms with Crippen molar-refractivity contribution < 1.29 is 32.9 Å². The minimum Gasteiger partial charge on any atom is -0.391 e. The first-order chi connectivity index (χ1) is 35.0. The van der Waals surface area contributed by atoms with Gasteiger partial charge in [-0.1, -0.05) is 273 Å². The van der Waals surface area contributed by atoms with E-state index in [-0.39, 0.29) is 19.1 Å². The number of nitrogens with zero attached hydrogens (tertiary/aromatic N) is 1. The molecule has 0 fully saturated rings. The van der Waals surface area contributed by atoms with E-state index in [1.807, 2.05) is 21.1 Å². The van der Waals surface area contributed by atoms with Gasteiger partial charge in [0.15, 0.2) is 0 Å². The standard InChI is InChI=1S/C63H117N2O6P/c1-6-8-10-12-14-16-18-20-22-24-26-27-28-29-30-31-32-33-34-35-36-37-39-41-43-45-47-49-51-53-55-57-63(67)64-61(60-71-72(68,69)70-59-58-65(3,4)5)62(66)56-54-52-50-48-46-44-42-40-38-25-23-21-19-17-15-13-11-9-7-2/h8,10,14,16,20,22,26-27,29-30,32-33,61-62,66H,6-7,9,11-13,15,17-19,21,23-25,28,31,34-60H2,1-5H3,(H-,64,67,68,69)/p+1/b10-8-,16-14-,22-20-,27-26-,30-29-,33-32-. The number of phosphoric ester groups is 1. The fourth-order valence-electron chi connectivity index (χ4n) is 8.76. The number of quaternary nitrogens is 1. The molecule has 0 aliphatic rings. The van der Waals surface area contributed by atoms with Gasteiger partial charge in [-0.05, 0) is 64.2 Å². The van der Waals surface area contributed by atoms with Crippen LogP contribution in [0.25, 0.3) is 0 Å². The second-order valence-corrected chi connectivity index (χ2v) is 23.2. The first-order valence-electron chi connectivity index (χ1n) is 30.3. The first-order valence-corrected chi connectivity index (χ1v) is 31.8. The molecule has 1 amide bonds. The molecule has 0 saturated carbocycles. The van der Waals surface area contributed by atoms with Crippen molar-refractivity contribution in [3.63, 3.8) is 0 Å². The molecule has 8 nitrogen and oxygen atoms in total. The van der Waals surface area contributed by atoms with E-state index < -0.39 is 20.0 Å². The molecule has 3 atom stereocenters. The molecule has 0 aromatic carbocycles. The number of hydrogen-bond donors (Lipinski definition) is 3. The van der Waals surface area contributed by atoms with Gasteiger partial charge >= 0.3 is 7.82 Å². The molecule has 0 aromatic rings. The highest BCUT2D eigenvalue weighted by Gasteiger charge is 2.28. The third kappa shape index (κ3) is 55.7. The van der Waals surface area contributed by atoms with Gasteiger partial charge in [-0.25, -0.2) is 4.57 Å². The number of phosphoric acid groups is 1. The first kappa shape index (κ1) is 69.9. The summed E-state index contributed by atoms with van der Waals surface area (Å²) < 4.78 is 23.8. The Kier molecular flexibility index (Phi) is 52.2. The second kappa shape index (κ2) is 53.8. The summed E-state index contributed by atoms with van der Waals surface area (Å²) in [6.07, 6.45) is 73.9. The molecule has 0 aliphatic carbocycles. The number of rotatable bonds is 55. The second-order valence-electron chi connectivity index (χ2n) is 21.7. The molecule has 0 radical (unpaired) electrons. The Morgan fingerprint density at radius 2 is 0.833 bits per heavy atom. The van der Waals surface area contributed by atoms with Crippen LogP contribution in [-0.4, -0.2) is 73.4 Å². The van der Waals surface area contributed by atoms with Gasteiger partial charge in [0.25, 0.3) is 0 Å². The lowest BCUT2D eigenvalue weighted by atomic mass is 10.0. The number of unbranched alkanes of at least 4 members (excludes halogenated alkanes) is 30. The van der Waals surface area contributed by atoms with Crippen LogP contribution in [0.5, 0.6) is 0 Å². The highest BCUT2D eigenvalue weighted by atomic mass is 31.2. The fraction of sp³-hybridized carbons (Fsp3) is 0.794. The van der Waals surface area contributed by atoms with Crippen LogP contribution in [0.3, 0.4) is 0 Å². The van der Waals surface area contributed by atoms with Crippen LogP contribution in [-0.2, 0) is 18.4 Å². The number of allylic oxidation sites excluding steroid dienone is 12. The van der Waals surface area contributed by atoms with Gasteiger partial charge in [-0.3, -0.25) is 13.8 Å². The number of nitrogens with one attached hydrogen (secondary N) is 1. The summed E-state index contributed by atoms with van der Waals surface area (Å²) >= 11 is 0. The van der Waals surface area contributed by atoms with Gasteiger partial charge < -0.3 is 19.8 Å². The Balaban J connectivity index is 4.12. The summed E-state index contributed by atoms with van der Waals surface area (Å²) in [5.74, 6) is -0.146. The van der Waals surface area contributed by atoms with E-state index in [1.165, 1.54) is 167 Å². The van der Waals surface area contributed by atoms with Crippen molar-refractivity contribution in [3.05, 3.63) is 72.9 Å². The summed E-state index contributed by atoms with van der Waals surface area (Å²) in [4.78, 5) is 23.4. The van der Waals surface area contributed by atoms with E-state index >= 15 is 0 Å². The zero-order valence-electron chi connectivity index (χ0n) is 47.9. The Bertz CT molecular complexity index is 1400. The van der Waals surface area contributed by atoms with Crippen molar-refractivity contribution in [1.82, 2.24) is 5.32 Å². The molecule has 0 heterocycles. The van der Waals surface area contributed by atoms with Crippen LogP contribution in [0.15, 0.2) is 72.9 Å². The van der Waals surface area contributed by atoms with E-state index in [1.54, 1.807) is 0 Å². The molecule has 0 aliphatic heterocycles. The minimum atomic E-state index is -4.33. The van der Waals surface area contributed by atoms with Gasteiger partial charge in [0.05, 0.1) is 39.9 Å². The smallest absolute Gasteiger partial charge is 0.391 e. The topological polar surface area (TPSA) is 105 Å². The summed E-state index contributed by atoms with van der Waals surface area (Å²) in [6, 6.07) is -0.766. The van der Waals surface area contributed by atoms with Crippen molar-refractivity contribution in [1.29, 1.82) is 0 Å². The largest absolute Gasteiger partial charge is 0.472 e. The van der Waals surface area contributed by atoms with Gasteiger partial charge in [-0.2, -0.15) is 0 Å². The Hall–Kier alpha value is -2.06. The van der Waals surface area contributed by atoms with E-state index in [0.717, 1.165) is 77.0 Å². The number of aliphatic hydroxyl groups excluding tert-OH is 1. The molecule has 72 heavy (non-hydrogen) atoms. The minimum absolute atomic E-state index is 0.0725. The third-order valence-electron chi connectivity index (χ3n) is 13.5. The molecule has 420 valence electrons.